The Hall–Kier alpha value is -2.50. The Labute approximate surface area is 140 Å². The highest BCUT2D eigenvalue weighted by Gasteiger charge is 2.03. The summed E-state index contributed by atoms with van der Waals surface area (Å²) in [5, 5.41) is 0.569. The Morgan fingerprint density at radius 3 is 2.70 bits per heavy atom. The number of halogens is 1. The van der Waals surface area contributed by atoms with Gasteiger partial charge in [0.25, 0.3) is 5.56 Å². The van der Waals surface area contributed by atoms with Gasteiger partial charge in [0.2, 0.25) is 0 Å². The summed E-state index contributed by atoms with van der Waals surface area (Å²) in [6.07, 6.45) is 6.48. The number of H-pyrrole nitrogens is 1. The van der Waals surface area contributed by atoms with Crippen molar-refractivity contribution in [3.05, 3.63) is 84.5 Å². The first kappa shape index (κ1) is 15.4. The number of nitrogens with one attached hydrogen (secondary N) is 1. The lowest BCUT2D eigenvalue weighted by molar-refractivity contribution is 0.106. The number of aromatic amines is 1. The molecule has 0 saturated carbocycles. The molecule has 0 aliphatic carbocycles. The van der Waals surface area contributed by atoms with Crippen molar-refractivity contribution in [2.45, 2.75) is 0 Å². The lowest BCUT2D eigenvalue weighted by Crippen LogP contribution is -2.20. The summed E-state index contributed by atoms with van der Waals surface area (Å²) in [5.74, 6) is -0.188. The van der Waals surface area contributed by atoms with Gasteiger partial charge in [-0.1, -0.05) is 17.7 Å². The Balaban J connectivity index is 1.97. The summed E-state index contributed by atoms with van der Waals surface area (Å²) in [5.41, 5.74) is 1.12. The number of ketones is 1. The van der Waals surface area contributed by atoms with E-state index in [1.165, 1.54) is 17.4 Å². The first-order chi connectivity index (χ1) is 11.1. The molecule has 0 fully saturated rings. The van der Waals surface area contributed by atoms with Crippen LogP contribution in [-0.2, 0) is 0 Å². The lowest BCUT2D eigenvalue weighted by Gasteiger charge is -1.94. The van der Waals surface area contributed by atoms with Crippen molar-refractivity contribution >= 4 is 40.9 Å². The number of rotatable bonds is 3. The topological polar surface area (TPSA) is 62.8 Å². The Bertz CT molecular complexity index is 1010. The molecule has 23 heavy (non-hydrogen) atoms. The average Bonchev–Trinajstić information content (AvgIpc) is 2.88. The van der Waals surface area contributed by atoms with Gasteiger partial charge in [-0.05, 0) is 42.0 Å². The number of thiazole rings is 1. The summed E-state index contributed by atoms with van der Waals surface area (Å²) < 4.78 is 1.03. The van der Waals surface area contributed by atoms with Gasteiger partial charge in [0.15, 0.2) is 5.78 Å². The van der Waals surface area contributed by atoms with Gasteiger partial charge in [-0.25, -0.2) is 0 Å². The van der Waals surface area contributed by atoms with Gasteiger partial charge >= 0.3 is 0 Å². The molecule has 3 aromatic rings. The molecule has 0 bridgehead atoms. The molecule has 1 N–H and O–H groups in total. The molecule has 0 spiro atoms. The number of hydrogen-bond donors (Lipinski definition) is 1. The van der Waals surface area contributed by atoms with E-state index in [1.807, 2.05) is 6.07 Å². The maximum atomic E-state index is 12.2. The van der Waals surface area contributed by atoms with Crippen molar-refractivity contribution in [3.63, 3.8) is 0 Å². The molecule has 0 amide bonds. The minimum atomic E-state index is -0.228. The average molecular weight is 343 g/mol. The molecule has 2 heterocycles. The van der Waals surface area contributed by atoms with Gasteiger partial charge in [-0.2, -0.15) is 0 Å². The van der Waals surface area contributed by atoms with E-state index in [9.17, 15) is 9.59 Å². The highest BCUT2D eigenvalue weighted by atomic mass is 35.5. The van der Waals surface area contributed by atoms with Crippen molar-refractivity contribution in [2.75, 3.05) is 0 Å². The van der Waals surface area contributed by atoms with Gasteiger partial charge in [0, 0.05) is 29.1 Å². The summed E-state index contributed by atoms with van der Waals surface area (Å²) in [4.78, 5) is 30.8. The molecule has 0 unspecified atom stereocenters. The first-order valence-corrected chi connectivity index (χ1v) is 7.94. The molecule has 4 nitrogen and oxygen atoms in total. The Morgan fingerprint density at radius 1 is 1.22 bits per heavy atom. The van der Waals surface area contributed by atoms with Crippen LogP contribution in [0.5, 0.6) is 0 Å². The molecule has 0 radical (unpaired) electrons. The summed E-state index contributed by atoms with van der Waals surface area (Å²) in [6, 6.07) is 10.3. The zero-order valence-corrected chi connectivity index (χ0v) is 13.4. The summed E-state index contributed by atoms with van der Waals surface area (Å²) >= 11 is 7.03. The van der Waals surface area contributed by atoms with Crippen LogP contribution in [0.3, 0.4) is 0 Å². The van der Waals surface area contributed by atoms with Crippen LogP contribution in [0.4, 0.5) is 0 Å². The number of nitrogens with zero attached hydrogens (tertiary/aromatic N) is 1. The number of benzene rings is 1. The van der Waals surface area contributed by atoms with E-state index in [-0.39, 0.29) is 11.3 Å². The third-order valence-corrected chi connectivity index (χ3v) is 4.27. The smallest absolute Gasteiger partial charge is 0.266 e. The van der Waals surface area contributed by atoms with Gasteiger partial charge in [0.05, 0.1) is 9.20 Å². The molecule has 1 aromatic carbocycles. The SMILES string of the molecule is O=C(/C=c1\[nH]c(=O)/c(=C/c2cccnc2)s1)c1ccc(Cl)cc1. The van der Waals surface area contributed by atoms with E-state index in [4.69, 9.17) is 11.6 Å². The van der Waals surface area contributed by atoms with Crippen LogP contribution < -0.4 is 14.8 Å². The standard InChI is InChI=1S/C17H11ClN2O2S/c18-13-5-3-12(4-6-13)14(21)9-16-20-17(22)15(23-16)8-11-2-1-7-19-10-11/h1-10H,(H,20,22)/b15-8-,16-9+. The molecule has 0 atom stereocenters. The third kappa shape index (κ3) is 3.83. The van der Waals surface area contributed by atoms with Crippen LogP contribution in [0.1, 0.15) is 15.9 Å². The highest BCUT2D eigenvalue weighted by molar-refractivity contribution is 7.07. The van der Waals surface area contributed by atoms with Crippen LogP contribution in [0.15, 0.2) is 53.6 Å². The predicted octanol–water partition coefficient (Wildman–Crippen LogP) is 1.98. The summed E-state index contributed by atoms with van der Waals surface area (Å²) in [6.45, 7) is 0. The van der Waals surface area contributed by atoms with Crippen LogP contribution in [0.25, 0.3) is 12.2 Å². The second-order valence-corrected chi connectivity index (χ2v) is 6.25. The monoisotopic (exact) mass is 342 g/mol. The first-order valence-electron chi connectivity index (χ1n) is 6.74. The van der Waals surface area contributed by atoms with Gasteiger partial charge in [-0.15, -0.1) is 11.3 Å². The maximum absolute atomic E-state index is 12.2. The summed E-state index contributed by atoms with van der Waals surface area (Å²) in [7, 11) is 0. The molecule has 2 aromatic heterocycles. The fourth-order valence-electron chi connectivity index (χ4n) is 1.95. The molecule has 3 rings (SSSR count). The third-order valence-electron chi connectivity index (χ3n) is 3.05. The van der Waals surface area contributed by atoms with Crippen LogP contribution in [0.2, 0.25) is 5.02 Å². The predicted molar refractivity (Wildman–Crippen MR) is 92.2 cm³/mol. The quantitative estimate of drug-likeness (QED) is 0.740. The maximum Gasteiger partial charge on any atom is 0.266 e. The van der Waals surface area contributed by atoms with Crippen LogP contribution in [0, 0.1) is 0 Å². The molecular formula is C17H11ClN2O2S. The van der Waals surface area contributed by atoms with E-state index >= 15 is 0 Å². The van der Waals surface area contributed by atoms with Crippen LogP contribution >= 0.6 is 22.9 Å². The Kier molecular flexibility index (Phi) is 4.50. The van der Waals surface area contributed by atoms with Crippen molar-refractivity contribution in [2.24, 2.45) is 0 Å². The fraction of sp³-hybridized carbons (Fsp3) is 0. The number of hydrogen-bond acceptors (Lipinski definition) is 4. The van der Waals surface area contributed by atoms with Gasteiger partial charge < -0.3 is 4.98 Å². The van der Waals surface area contributed by atoms with E-state index in [0.29, 0.717) is 19.8 Å². The van der Waals surface area contributed by atoms with Gasteiger partial charge in [-0.3, -0.25) is 14.6 Å². The zero-order chi connectivity index (χ0) is 16.2. The van der Waals surface area contributed by atoms with Gasteiger partial charge in [0.1, 0.15) is 0 Å². The number of Topliss-reactive ketones (excluding diaryl/α,β-unsaturated/α-hetero) is 1. The van der Waals surface area contributed by atoms with Crippen molar-refractivity contribution < 1.29 is 4.79 Å². The lowest BCUT2D eigenvalue weighted by atomic mass is 10.1. The van der Waals surface area contributed by atoms with E-state index in [2.05, 4.69) is 9.97 Å². The Morgan fingerprint density at radius 2 is 2.00 bits per heavy atom. The highest BCUT2D eigenvalue weighted by Crippen LogP contribution is 2.10. The molecule has 114 valence electrons. The van der Waals surface area contributed by atoms with E-state index in [0.717, 1.165) is 5.56 Å². The molecule has 0 aliphatic rings. The number of pyridine rings is 1. The van der Waals surface area contributed by atoms with Crippen molar-refractivity contribution in [1.29, 1.82) is 0 Å². The second kappa shape index (κ2) is 6.73. The largest absolute Gasteiger partial charge is 0.313 e. The van der Waals surface area contributed by atoms with E-state index in [1.54, 1.807) is 48.8 Å². The fourth-order valence-corrected chi connectivity index (χ4v) is 2.96. The van der Waals surface area contributed by atoms with Crippen LogP contribution in [-0.4, -0.2) is 15.8 Å². The molecule has 0 aliphatic heterocycles. The zero-order valence-electron chi connectivity index (χ0n) is 11.8. The number of carbonyl (C=O) groups excluding carboxylic acids is 1. The number of aromatic nitrogens is 2. The normalized spacial score (nSPS) is 12.6. The van der Waals surface area contributed by atoms with Crippen molar-refractivity contribution in [1.82, 2.24) is 9.97 Å². The van der Waals surface area contributed by atoms with Crippen molar-refractivity contribution in [3.8, 4) is 0 Å². The van der Waals surface area contributed by atoms with E-state index < -0.39 is 0 Å². The number of carbonyl (C=O) groups is 1. The molecular weight excluding hydrogens is 332 g/mol. The minimum Gasteiger partial charge on any atom is -0.313 e. The minimum absolute atomic E-state index is 0.188. The second-order valence-electron chi connectivity index (χ2n) is 4.73. The molecule has 0 saturated heterocycles. The molecule has 6 heteroatoms.